The van der Waals surface area contributed by atoms with Gasteiger partial charge in [-0.15, -0.1) is 0 Å². The summed E-state index contributed by atoms with van der Waals surface area (Å²) in [5.74, 6) is -0.107. The van der Waals surface area contributed by atoms with Gasteiger partial charge in [0.2, 0.25) is 0 Å². The third-order valence-electron chi connectivity index (χ3n) is 3.92. The number of carbonyl (C=O) groups is 1. The van der Waals surface area contributed by atoms with E-state index in [9.17, 15) is 4.79 Å². The fourth-order valence-corrected chi connectivity index (χ4v) is 2.57. The van der Waals surface area contributed by atoms with Crippen molar-refractivity contribution in [2.24, 2.45) is 0 Å². The Labute approximate surface area is 117 Å². The van der Waals surface area contributed by atoms with Gasteiger partial charge >= 0.3 is 5.97 Å². The molecule has 4 heteroatoms. The minimum absolute atomic E-state index is 0.107. The van der Waals surface area contributed by atoms with Crippen molar-refractivity contribution in [2.75, 3.05) is 19.8 Å². The zero-order valence-corrected chi connectivity index (χ0v) is 12.7. The smallest absolute Gasteiger partial charge is 0.326 e. The lowest BCUT2D eigenvalue weighted by Gasteiger charge is -2.32. The van der Waals surface area contributed by atoms with Crippen molar-refractivity contribution in [3.8, 4) is 0 Å². The van der Waals surface area contributed by atoms with Gasteiger partial charge < -0.3 is 9.47 Å². The first-order valence-corrected chi connectivity index (χ1v) is 7.72. The Morgan fingerprint density at radius 2 is 2.21 bits per heavy atom. The van der Waals surface area contributed by atoms with Gasteiger partial charge in [0.1, 0.15) is 5.54 Å². The second-order valence-corrected chi connectivity index (χ2v) is 5.28. The van der Waals surface area contributed by atoms with E-state index >= 15 is 0 Å². The summed E-state index contributed by atoms with van der Waals surface area (Å²) < 4.78 is 10.9. The zero-order chi connectivity index (χ0) is 14.1. The number of hydrogen-bond donors (Lipinski definition) is 1. The lowest BCUT2D eigenvalue weighted by molar-refractivity contribution is -0.152. The zero-order valence-electron chi connectivity index (χ0n) is 12.7. The van der Waals surface area contributed by atoms with E-state index in [1.54, 1.807) is 0 Å². The Morgan fingerprint density at radius 3 is 2.74 bits per heavy atom. The van der Waals surface area contributed by atoms with Crippen molar-refractivity contribution in [3.63, 3.8) is 0 Å². The van der Waals surface area contributed by atoms with Gasteiger partial charge in [-0.3, -0.25) is 10.1 Å². The Morgan fingerprint density at radius 1 is 1.42 bits per heavy atom. The molecule has 0 aromatic heterocycles. The summed E-state index contributed by atoms with van der Waals surface area (Å²) in [4.78, 5) is 12.3. The van der Waals surface area contributed by atoms with Crippen LogP contribution in [-0.2, 0) is 14.3 Å². The van der Waals surface area contributed by atoms with Crippen molar-refractivity contribution in [2.45, 2.75) is 70.9 Å². The average molecular weight is 271 g/mol. The molecule has 0 aliphatic carbocycles. The van der Waals surface area contributed by atoms with E-state index in [2.05, 4.69) is 19.2 Å². The summed E-state index contributed by atoms with van der Waals surface area (Å²) in [6.07, 6.45) is 6.18. The number of esters is 1. The minimum Gasteiger partial charge on any atom is -0.465 e. The van der Waals surface area contributed by atoms with E-state index in [0.717, 1.165) is 51.7 Å². The van der Waals surface area contributed by atoms with Gasteiger partial charge in [0.15, 0.2) is 0 Å². The Kier molecular flexibility index (Phi) is 7.39. The molecule has 1 heterocycles. The van der Waals surface area contributed by atoms with Crippen LogP contribution in [0.3, 0.4) is 0 Å². The van der Waals surface area contributed by atoms with Crippen molar-refractivity contribution in [1.82, 2.24) is 5.32 Å². The van der Waals surface area contributed by atoms with Crippen molar-refractivity contribution < 1.29 is 14.3 Å². The SMILES string of the molecule is CCCCC(CC)(NCC1CCCO1)C(=O)OCC. The molecule has 0 aromatic carbocycles. The number of unbranched alkanes of at least 4 members (excludes halogenated alkanes) is 1. The van der Waals surface area contributed by atoms with Crippen LogP contribution in [0, 0.1) is 0 Å². The second-order valence-electron chi connectivity index (χ2n) is 5.28. The number of rotatable bonds is 9. The standard InChI is InChI=1S/C15H29NO3/c1-4-7-10-15(5-2,14(17)18-6-3)16-12-13-9-8-11-19-13/h13,16H,4-12H2,1-3H3. The summed E-state index contributed by atoms with van der Waals surface area (Å²) in [7, 11) is 0. The quantitative estimate of drug-likeness (QED) is 0.655. The van der Waals surface area contributed by atoms with Crippen LogP contribution < -0.4 is 5.32 Å². The summed E-state index contributed by atoms with van der Waals surface area (Å²) in [5, 5.41) is 3.44. The molecule has 1 rings (SSSR count). The highest BCUT2D eigenvalue weighted by Gasteiger charge is 2.37. The molecule has 0 spiro atoms. The Hall–Kier alpha value is -0.610. The fourth-order valence-electron chi connectivity index (χ4n) is 2.57. The molecule has 0 aromatic rings. The molecule has 0 bridgehead atoms. The number of nitrogens with one attached hydrogen (secondary N) is 1. The van der Waals surface area contributed by atoms with Crippen LogP contribution in [-0.4, -0.2) is 37.4 Å². The molecule has 1 aliphatic heterocycles. The molecule has 1 fully saturated rings. The molecule has 0 amide bonds. The molecule has 1 saturated heterocycles. The molecule has 4 nitrogen and oxygen atoms in total. The van der Waals surface area contributed by atoms with Gasteiger partial charge in [0, 0.05) is 13.2 Å². The molecule has 1 N–H and O–H groups in total. The summed E-state index contributed by atoms with van der Waals surface area (Å²) in [5.41, 5.74) is -0.530. The molecular weight excluding hydrogens is 242 g/mol. The van der Waals surface area contributed by atoms with Crippen LogP contribution in [0.5, 0.6) is 0 Å². The van der Waals surface area contributed by atoms with E-state index in [1.165, 1.54) is 0 Å². The molecule has 1 aliphatic rings. The third kappa shape index (κ3) is 4.77. The first kappa shape index (κ1) is 16.4. The number of hydrogen-bond acceptors (Lipinski definition) is 4. The van der Waals surface area contributed by atoms with Gasteiger partial charge in [-0.2, -0.15) is 0 Å². The van der Waals surface area contributed by atoms with Gasteiger partial charge in [-0.05, 0) is 32.6 Å². The predicted octanol–water partition coefficient (Wildman–Crippen LogP) is 2.66. The first-order valence-electron chi connectivity index (χ1n) is 7.72. The highest BCUT2D eigenvalue weighted by molar-refractivity contribution is 5.80. The molecule has 0 saturated carbocycles. The van der Waals surface area contributed by atoms with Crippen LogP contribution in [0.15, 0.2) is 0 Å². The first-order chi connectivity index (χ1) is 9.18. The lowest BCUT2D eigenvalue weighted by Crippen LogP contribution is -2.54. The van der Waals surface area contributed by atoms with Crippen LogP contribution in [0.4, 0.5) is 0 Å². The highest BCUT2D eigenvalue weighted by atomic mass is 16.5. The molecule has 0 radical (unpaired) electrons. The van der Waals surface area contributed by atoms with Crippen molar-refractivity contribution in [1.29, 1.82) is 0 Å². The molecule has 19 heavy (non-hydrogen) atoms. The molecule has 2 unspecified atom stereocenters. The highest BCUT2D eigenvalue weighted by Crippen LogP contribution is 2.22. The van der Waals surface area contributed by atoms with Crippen LogP contribution in [0.2, 0.25) is 0 Å². The summed E-state index contributed by atoms with van der Waals surface area (Å²) in [6, 6.07) is 0. The maximum Gasteiger partial charge on any atom is 0.326 e. The Bertz CT molecular complexity index is 264. The van der Waals surface area contributed by atoms with Gasteiger partial charge in [0.05, 0.1) is 12.7 Å². The second kappa shape index (κ2) is 8.54. The van der Waals surface area contributed by atoms with Gasteiger partial charge in [-0.1, -0.05) is 26.7 Å². The molecular formula is C15H29NO3. The van der Waals surface area contributed by atoms with Crippen molar-refractivity contribution >= 4 is 5.97 Å². The van der Waals surface area contributed by atoms with E-state index < -0.39 is 5.54 Å². The topological polar surface area (TPSA) is 47.6 Å². The van der Waals surface area contributed by atoms with Crippen LogP contribution >= 0.6 is 0 Å². The predicted molar refractivity (Wildman–Crippen MR) is 76.2 cm³/mol. The minimum atomic E-state index is -0.530. The van der Waals surface area contributed by atoms with E-state index in [0.29, 0.717) is 6.61 Å². The van der Waals surface area contributed by atoms with E-state index in [4.69, 9.17) is 9.47 Å². The average Bonchev–Trinajstić information content (AvgIpc) is 2.93. The maximum absolute atomic E-state index is 12.3. The van der Waals surface area contributed by atoms with Gasteiger partial charge in [0.25, 0.3) is 0 Å². The van der Waals surface area contributed by atoms with Crippen molar-refractivity contribution in [3.05, 3.63) is 0 Å². The number of carbonyl (C=O) groups excluding carboxylic acids is 1. The molecule has 112 valence electrons. The van der Waals surface area contributed by atoms with Crippen LogP contribution in [0.25, 0.3) is 0 Å². The van der Waals surface area contributed by atoms with Gasteiger partial charge in [-0.25, -0.2) is 0 Å². The Balaban J connectivity index is 2.61. The summed E-state index contributed by atoms with van der Waals surface area (Å²) in [6.45, 7) is 8.09. The maximum atomic E-state index is 12.3. The monoisotopic (exact) mass is 271 g/mol. The normalized spacial score (nSPS) is 22.2. The largest absolute Gasteiger partial charge is 0.465 e. The number of ether oxygens (including phenoxy) is 2. The third-order valence-corrected chi connectivity index (χ3v) is 3.92. The molecule has 2 atom stereocenters. The van der Waals surface area contributed by atoms with E-state index in [1.807, 2.05) is 6.92 Å². The fraction of sp³-hybridized carbons (Fsp3) is 0.933. The van der Waals surface area contributed by atoms with E-state index in [-0.39, 0.29) is 12.1 Å². The lowest BCUT2D eigenvalue weighted by atomic mass is 9.89. The summed E-state index contributed by atoms with van der Waals surface area (Å²) >= 11 is 0. The van der Waals surface area contributed by atoms with Crippen LogP contribution in [0.1, 0.15) is 59.3 Å².